The summed E-state index contributed by atoms with van der Waals surface area (Å²) in [7, 11) is 0. The van der Waals surface area contributed by atoms with Crippen LogP contribution in [-0.2, 0) is 4.79 Å². The number of nitro benzene ring substituents is 1. The fraction of sp³-hybridized carbons (Fsp3) is 0.133. The molecule has 0 saturated heterocycles. The second-order valence-electron chi connectivity index (χ2n) is 4.65. The minimum atomic E-state index is -0.396. The molecule has 0 radical (unpaired) electrons. The van der Waals surface area contributed by atoms with Crippen LogP contribution in [0.15, 0.2) is 42.5 Å². The molecule has 106 valence electrons. The van der Waals surface area contributed by atoms with Crippen LogP contribution in [0.2, 0.25) is 0 Å². The number of thioether (sulfide) groups is 1. The lowest BCUT2D eigenvalue weighted by molar-refractivity contribution is -0.384. The number of para-hydroxylation sites is 1. The van der Waals surface area contributed by atoms with E-state index in [-0.39, 0.29) is 16.8 Å². The number of anilines is 1. The Hall–Kier alpha value is -2.34. The van der Waals surface area contributed by atoms with Gasteiger partial charge in [0.05, 0.1) is 10.5 Å². The van der Waals surface area contributed by atoms with Crippen LogP contribution < -0.4 is 5.32 Å². The van der Waals surface area contributed by atoms with Crippen molar-refractivity contribution in [3.8, 4) is 11.1 Å². The van der Waals surface area contributed by atoms with Gasteiger partial charge in [0.1, 0.15) is 5.25 Å². The summed E-state index contributed by atoms with van der Waals surface area (Å²) in [6, 6.07) is 12.0. The Morgan fingerprint density at radius 2 is 1.86 bits per heavy atom. The second kappa shape index (κ2) is 5.21. The average Bonchev–Trinajstić information content (AvgIpc) is 2.82. The molecule has 0 fully saturated rings. The molecule has 1 aliphatic heterocycles. The quantitative estimate of drug-likeness (QED) is 0.694. The van der Waals surface area contributed by atoms with Crippen molar-refractivity contribution in [1.82, 2.24) is 0 Å². The molecule has 1 heterocycles. The normalized spacial score (nSPS) is 16.4. The number of carbonyl (C=O) groups is 1. The zero-order valence-electron chi connectivity index (χ0n) is 11.2. The highest BCUT2D eigenvalue weighted by Crippen LogP contribution is 2.46. The Labute approximate surface area is 125 Å². The van der Waals surface area contributed by atoms with Gasteiger partial charge in [0.2, 0.25) is 5.91 Å². The summed E-state index contributed by atoms with van der Waals surface area (Å²) in [5.41, 5.74) is 2.87. The molecular formula is C15H12N2O3S. The van der Waals surface area contributed by atoms with Gasteiger partial charge in [0.25, 0.3) is 5.69 Å². The molecule has 1 atom stereocenters. The third kappa shape index (κ3) is 2.17. The van der Waals surface area contributed by atoms with Crippen LogP contribution in [0, 0.1) is 10.1 Å². The van der Waals surface area contributed by atoms with Crippen LogP contribution in [0.1, 0.15) is 10.8 Å². The number of amides is 1. The van der Waals surface area contributed by atoms with E-state index in [0.29, 0.717) is 5.56 Å². The molecule has 0 spiro atoms. The van der Waals surface area contributed by atoms with Crippen molar-refractivity contribution < 1.29 is 9.72 Å². The molecule has 3 rings (SSSR count). The molecule has 2 aromatic carbocycles. The summed E-state index contributed by atoms with van der Waals surface area (Å²) in [6.45, 7) is 0. The fourth-order valence-corrected chi connectivity index (χ4v) is 3.37. The molecule has 5 nitrogen and oxygen atoms in total. The van der Waals surface area contributed by atoms with Gasteiger partial charge in [-0.05, 0) is 24.0 Å². The predicted molar refractivity (Wildman–Crippen MR) is 83.4 cm³/mol. The summed E-state index contributed by atoms with van der Waals surface area (Å²) in [6.07, 6.45) is 1.86. The Bertz CT molecular complexity index is 745. The van der Waals surface area contributed by atoms with E-state index in [1.165, 1.54) is 17.8 Å². The average molecular weight is 300 g/mol. The lowest BCUT2D eigenvalue weighted by atomic mass is 9.96. The Morgan fingerprint density at radius 1 is 1.14 bits per heavy atom. The maximum atomic E-state index is 12.0. The first kappa shape index (κ1) is 13.6. The number of hydrogen-bond donors (Lipinski definition) is 1. The van der Waals surface area contributed by atoms with Crippen molar-refractivity contribution in [3.05, 3.63) is 58.1 Å². The van der Waals surface area contributed by atoms with Crippen molar-refractivity contribution >= 4 is 29.0 Å². The molecule has 6 heteroatoms. The molecule has 21 heavy (non-hydrogen) atoms. The number of carbonyl (C=O) groups excluding carboxylic acids is 1. The highest BCUT2D eigenvalue weighted by Gasteiger charge is 2.33. The van der Waals surface area contributed by atoms with Gasteiger partial charge in [0, 0.05) is 17.3 Å². The topological polar surface area (TPSA) is 72.2 Å². The van der Waals surface area contributed by atoms with Crippen molar-refractivity contribution in [2.45, 2.75) is 5.25 Å². The summed E-state index contributed by atoms with van der Waals surface area (Å²) in [4.78, 5) is 22.8. The van der Waals surface area contributed by atoms with Gasteiger partial charge in [-0.1, -0.05) is 24.3 Å². The van der Waals surface area contributed by atoms with Gasteiger partial charge in [-0.15, -0.1) is 11.8 Å². The third-order valence-corrected chi connectivity index (χ3v) is 4.41. The molecule has 0 saturated carbocycles. The SMILES string of the molecule is CSC1C(=O)Nc2cccc(-c3ccccc3[N+](=O)[O-])c21. The van der Waals surface area contributed by atoms with E-state index in [1.54, 1.807) is 24.3 Å². The van der Waals surface area contributed by atoms with Crippen molar-refractivity contribution in [2.24, 2.45) is 0 Å². The minimum Gasteiger partial charge on any atom is -0.324 e. The highest BCUT2D eigenvalue weighted by atomic mass is 32.2. The lowest BCUT2D eigenvalue weighted by Gasteiger charge is -2.12. The fourth-order valence-electron chi connectivity index (χ4n) is 2.61. The highest BCUT2D eigenvalue weighted by molar-refractivity contribution is 7.99. The summed E-state index contributed by atoms with van der Waals surface area (Å²) in [5, 5.41) is 13.7. The minimum absolute atomic E-state index is 0.0464. The van der Waals surface area contributed by atoms with Crippen LogP contribution in [0.4, 0.5) is 11.4 Å². The molecule has 1 N–H and O–H groups in total. The van der Waals surface area contributed by atoms with Crippen LogP contribution >= 0.6 is 11.8 Å². The van der Waals surface area contributed by atoms with Crippen LogP contribution in [-0.4, -0.2) is 17.1 Å². The van der Waals surface area contributed by atoms with Gasteiger partial charge in [-0.3, -0.25) is 14.9 Å². The molecule has 1 amide bonds. The smallest absolute Gasteiger partial charge is 0.277 e. The van der Waals surface area contributed by atoms with Crippen molar-refractivity contribution in [1.29, 1.82) is 0 Å². The predicted octanol–water partition coefficient (Wildman–Crippen LogP) is 3.62. The first-order valence-electron chi connectivity index (χ1n) is 6.34. The molecule has 2 aromatic rings. The van der Waals surface area contributed by atoms with Gasteiger partial charge >= 0.3 is 0 Å². The van der Waals surface area contributed by atoms with Crippen LogP contribution in [0.3, 0.4) is 0 Å². The monoisotopic (exact) mass is 300 g/mol. The molecule has 1 aliphatic rings. The second-order valence-corrected chi connectivity index (χ2v) is 5.59. The summed E-state index contributed by atoms with van der Waals surface area (Å²) >= 11 is 1.42. The number of hydrogen-bond acceptors (Lipinski definition) is 4. The third-order valence-electron chi connectivity index (χ3n) is 3.49. The van der Waals surface area contributed by atoms with E-state index in [1.807, 2.05) is 18.4 Å². The first-order chi connectivity index (χ1) is 10.1. The maximum Gasteiger partial charge on any atom is 0.277 e. The molecule has 1 unspecified atom stereocenters. The molecular weight excluding hydrogens is 288 g/mol. The molecule has 0 aliphatic carbocycles. The zero-order valence-corrected chi connectivity index (χ0v) is 12.0. The Morgan fingerprint density at radius 3 is 2.57 bits per heavy atom. The number of rotatable bonds is 3. The number of nitrogens with zero attached hydrogens (tertiary/aromatic N) is 1. The number of benzene rings is 2. The Balaban J connectivity index is 2.25. The molecule has 0 bridgehead atoms. The first-order valence-corrected chi connectivity index (χ1v) is 7.62. The number of fused-ring (bicyclic) bond motifs is 1. The standard InChI is InChI=1S/C15H12N2O3S/c1-21-14-13-10(6-4-7-11(13)16-15(14)18)9-5-2-3-8-12(9)17(19)20/h2-8,14H,1H3,(H,16,18). The largest absolute Gasteiger partial charge is 0.324 e. The van der Waals surface area contributed by atoms with Crippen LogP contribution in [0.5, 0.6) is 0 Å². The van der Waals surface area contributed by atoms with E-state index in [0.717, 1.165) is 16.8 Å². The van der Waals surface area contributed by atoms with Gasteiger partial charge < -0.3 is 5.32 Å². The maximum absolute atomic E-state index is 12.0. The van der Waals surface area contributed by atoms with Gasteiger partial charge in [-0.25, -0.2) is 0 Å². The van der Waals surface area contributed by atoms with E-state index >= 15 is 0 Å². The zero-order chi connectivity index (χ0) is 15.0. The number of nitrogens with one attached hydrogen (secondary N) is 1. The van der Waals surface area contributed by atoms with E-state index in [4.69, 9.17) is 0 Å². The summed E-state index contributed by atoms with van der Waals surface area (Å²) < 4.78 is 0. The van der Waals surface area contributed by atoms with E-state index < -0.39 is 4.92 Å². The molecule has 0 aromatic heterocycles. The van der Waals surface area contributed by atoms with E-state index in [9.17, 15) is 14.9 Å². The number of nitro groups is 1. The van der Waals surface area contributed by atoms with Crippen molar-refractivity contribution in [3.63, 3.8) is 0 Å². The summed E-state index contributed by atoms with van der Waals surface area (Å²) in [5.74, 6) is -0.0801. The van der Waals surface area contributed by atoms with Gasteiger partial charge in [0.15, 0.2) is 0 Å². The van der Waals surface area contributed by atoms with E-state index in [2.05, 4.69) is 5.32 Å². The van der Waals surface area contributed by atoms with Gasteiger partial charge in [-0.2, -0.15) is 0 Å². The van der Waals surface area contributed by atoms with Crippen molar-refractivity contribution in [2.75, 3.05) is 11.6 Å². The lowest BCUT2D eigenvalue weighted by Crippen LogP contribution is -2.08. The Kier molecular flexibility index (Phi) is 3.39. The van der Waals surface area contributed by atoms with Crippen LogP contribution in [0.25, 0.3) is 11.1 Å².